The topological polar surface area (TPSA) is 92.4 Å². The maximum Gasteiger partial charge on any atom is 0.164 e. The van der Waals surface area contributed by atoms with Crippen molar-refractivity contribution in [3.05, 3.63) is 46.4 Å². The molecule has 7 nitrogen and oxygen atoms in total. The number of aromatic nitrogens is 3. The van der Waals surface area contributed by atoms with Crippen molar-refractivity contribution in [1.82, 2.24) is 14.5 Å². The third kappa shape index (κ3) is 3.07. The number of benzene rings is 1. The van der Waals surface area contributed by atoms with Gasteiger partial charge < -0.3 is 24.8 Å². The van der Waals surface area contributed by atoms with E-state index in [4.69, 9.17) is 4.74 Å². The van der Waals surface area contributed by atoms with Crippen LogP contribution in [0.3, 0.4) is 0 Å². The fourth-order valence-electron chi connectivity index (χ4n) is 3.10. The Morgan fingerprint density at radius 2 is 1.96 bits per heavy atom. The molecule has 1 aromatic carbocycles. The number of hydrogen-bond acceptors (Lipinski definition) is 7. The zero-order chi connectivity index (χ0) is 18.3. The Labute approximate surface area is 169 Å². The van der Waals surface area contributed by atoms with Crippen LogP contribution < -0.4 is 5.32 Å². The van der Waals surface area contributed by atoms with Gasteiger partial charge in [0.1, 0.15) is 30.0 Å². The standard InChI is InChI=1S/C17H17IN4O3S/c18-10-6-22(17-14(24)13(23)11(7-26)25-17)16-12(10)15(19-8-20-16)21-9-4-2-1-3-5-9/h1-6,8,11,13-14,17,23-24,26H,7H2,(H,19,20,21)/t11-,13-,14-,17-/m1/s1. The molecule has 26 heavy (non-hydrogen) atoms. The number of aliphatic hydroxyl groups is 2. The van der Waals surface area contributed by atoms with E-state index in [0.717, 1.165) is 14.6 Å². The molecule has 0 aliphatic carbocycles. The molecule has 0 spiro atoms. The van der Waals surface area contributed by atoms with Crippen LogP contribution in [0.15, 0.2) is 42.9 Å². The van der Waals surface area contributed by atoms with Crippen LogP contribution in [-0.2, 0) is 4.74 Å². The molecule has 3 N–H and O–H groups in total. The summed E-state index contributed by atoms with van der Waals surface area (Å²) in [4.78, 5) is 8.74. The van der Waals surface area contributed by atoms with Crippen LogP contribution in [0, 0.1) is 3.57 Å². The van der Waals surface area contributed by atoms with E-state index in [2.05, 4.69) is 50.5 Å². The molecule has 2 aromatic heterocycles. The lowest BCUT2D eigenvalue weighted by Crippen LogP contribution is -2.32. The van der Waals surface area contributed by atoms with Crippen molar-refractivity contribution in [2.24, 2.45) is 0 Å². The van der Waals surface area contributed by atoms with Gasteiger partial charge in [0.25, 0.3) is 0 Å². The van der Waals surface area contributed by atoms with Crippen molar-refractivity contribution in [3.8, 4) is 0 Å². The van der Waals surface area contributed by atoms with Crippen LogP contribution in [0.25, 0.3) is 11.0 Å². The molecule has 0 bridgehead atoms. The van der Waals surface area contributed by atoms with Crippen molar-refractivity contribution in [2.45, 2.75) is 24.5 Å². The zero-order valence-corrected chi connectivity index (χ0v) is 16.6. The van der Waals surface area contributed by atoms with Crippen LogP contribution in [0.5, 0.6) is 0 Å². The molecule has 9 heteroatoms. The van der Waals surface area contributed by atoms with Crippen LogP contribution in [-0.4, -0.2) is 48.8 Å². The summed E-state index contributed by atoms with van der Waals surface area (Å²) in [5.74, 6) is 0.990. The normalized spacial score (nSPS) is 25.7. The van der Waals surface area contributed by atoms with Crippen molar-refractivity contribution in [1.29, 1.82) is 0 Å². The van der Waals surface area contributed by atoms with Gasteiger partial charge in [-0.2, -0.15) is 12.6 Å². The van der Waals surface area contributed by atoms with Crippen LogP contribution in [0.2, 0.25) is 0 Å². The highest BCUT2D eigenvalue weighted by Crippen LogP contribution is 2.36. The minimum atomic E-state index is -1.06. The van der Waals surface area contributed by atoms with Gasteiger partial charge in [-0.15, -0.1) is 0 Å². The lowest BCUT2D eigenvalue weighted by atomic mass is 10.1. The van der Waals surface area contributed by atoms with Crippen LogP contribution in [0.4, 0.5) is 11.5 Å². The number of aliphatic hydroxyl groups excluding tert-OH is 2. The summed E-state index contributed by atoms with van der Waals surface area (Å²) in [7, 11) is 0. The zero-order valence-electron chi connectivity index (χ0n) is 13.5. The molecular weight excluding hydrogens is 467 g/mol. The second-order valence-corrected chi connectivity index (χ2v) is 7.55. The molecule has 0 amide bonds. The van der Waals surface area contributed by atoms with Crippen molar-refractivity contribution >= 4 is 57.8 Å². The van der Waals surface area contributed by atoms with E-state index in [1.807, 2.05) is 36.5 Å². The van der Waals surface area contributed by atoms with Gasteiger partial charge >= 0.3 is 0 Å². The van der Waals surface area contributed by atoms with Crippen molar-refractivity contribution in [3.63, 3.8) is 0 Å². The second-order valence-electron chi connectivity index (χ2n) is 6.03. The molecule has 1 aliphatic heterocycles. The number of ether oxygens (including phenoxy) is 1. The van der Waals surface area contributed by atoms with Crippen molar-refractivity contribution < 1.29 is 14.9 Å². The lowest BCUT2D eigenvalue weighted by Gasteiger charge is -2.17. The first-order valence-corrected chi connectivity index (χ1v) is 9.77. The Balaban J connectivity index is 1.76. The van der Waals surface area contributed by atoms with Crippen molar-refractivity contribution in [2.75, 3.05) is 11.1 Å². The Hall–Kier alpha value is -1.40. The summed E-state index contributed by atoms with van der Waals surface area (Å²) >= 11 is 6.38. The predicted octanol–water partition coefficient (Wildman–Crippen LogP) is 2.33. The number of nitrogens with one attached hydrogen (secondary N) is 1. The highest BCUT2D eigenvalue weighted by atomic mass is 127. The van der Waals surface area contributed by atoms with Gasteiger partial charge in [0.15, 0.2) is 6.23 Å². The van der Waals surface area contributed by atoms with Gasteiger partial charge in [0, 0.05) is 21.2 Å². The molecule has 4 rings (SSSR count). The fourth-order valence-corrected chi connectivity index (χ4v) is 4.20. The molecule has 1 fully saturated rings. The van der Waals surface area contributed by atoms with Gasteiger partial charge in [-0.25, -0.2) is 9.97 Å². The Bertz CT molecular complexity index is 923. The molecule has 3 aromatic rings. The monoisotopic (exact) mass is 484 g/mol. The SMILES string of the molecule is O[C@@H]1[C@H](O)[C@@H](CS)O[C@H]1n1cc(I)c2c(Nc3ccccc3)ncnc21. The molecule has 1 saturated heterocycles. The lowest BCUT2D eigenvalue weighted by molar-refractivity contribution is -0.0285. The van der Waals surface area contributed by atoms with Gasteiger partial charge in [-0.3, -0.25) is 0 Å². The fraction of sp³-hybridized carbons (Fsp3) is 0.294. The summed E-state index contributed by atoms with van der Waals surface area (Å²) in [6, 6.07) is 9.74. The van der Waals surface area contributed by atoms with E-state index in [9.17, 15) is 10.2 Å². The van der Waals surface area contributed by atoms with E-state index >= 15 is 0 Å². The maximum atomic E-state index is 10.4. The van der Waals surface area contributed by atoms with Crippen LogP contribution in [0.1, 0.15) is 6.23 Å². The average molecular weight is 484 g/mol. The number of hydrogen-bond donors (Lipinski definition) is 4. The number of para-hydroxylation sites is 1. The molecule has 0 saturated carbocycles. The van der Waals surface area contributed by atoms with E-state index in [1.165, 1.54) is 6.33 Å². The maximum absolute atomic E-state index is 10.4. The Kier molecular flexibility index (Phi) is 5.06. The highest BCUT2D eigenvalue weighted by Gasteiger charge is 2.43. The third-order valence-electron chi connectivity index (χ3n) is 4.39. The van der Waals surface area contributed by atoms with E-state index in [1.54, 1.807) is 4.57 Å². The summed E-state index contributed by atoms with van der Waals surface area (Å²) in [5, 5.41) is 24.7. The third-order valence-corrected chi connectivity index (χ3v) is 5.57. The summed E-state index contributed by atoms with van der Waals surface area (Å²) in [6.07, 6.45) is 0.00581. The number of thiol groups is 1. The molecule has 136 valence electrons. The smallest absolute Gasteiger partial charge is 0.164 e. The minimum absolute atomic E-state index is 0.320. The van der Waals surface area contributed by atoms with Gasteiger partial charge in [0.05, 0.1) is 11.5 Å². The Morgan fingerprint density at radius 1 is 1.19 bits per heavy atom. The Morgan fingerprint density at radius 3 is 2.65 bits per heavy atom. The molecule has 0 unspecified atom stereocenters. The summed E-state index contributed by atoms with van der Waals surface area (Å²) in [5.41, 5.74) is 1.54. The van der Waals surface area contributed by atoms with E-state index in [-0.39, 0.29) is 0 Å². The number of anilines is 2. The number of nitrogens with zero attached hydrogens (tertiary/aromatic N) is 3. The summed E-state index contributed by atoms with van der Waals surface area (Å²) < 4.78 is 8.46. The molecule has 1 aliphatic rings. The number of rotatable bonds is 4. The predicted molar refractivity (Wildman–Crippen MR) is 110 cm³/mol. The van der Waals surface area contributed by atoms with E-state index < -0.39 is 24.5 Å². The highest BCUT2D eigenvalue weighted by molar-refractivity contribution is 14.1. The number of halogens is 1. The molecule has 0 radical (unpaired) electrons. The van der Waals surface area contributed by atoms with Gasteiger partial charge in [0.2, 0.25) is 0 Å². The second kappa shape index (κ2) is 7.31. The molecule has 3 heterocycles. The largest absolute Gasteiger partial charge is 0.387 e. The first kappa shape index (κ1) is 18.0. The molecular formula is C17H17IN4O3S. The minimum Gasteiger partial charge on any atom is -0.387 e. The molecule has 4 atom stereocenters. The average Bonchev–Trinajstić information content (AvgIpc) is 3.14. The first-order valence-electron chi connectivity index (χ1n) is 8.05. The quantitative estimate of drug-likeness (QED) is 0.336. The van der Waals surface area contributed by atoms with E-state index in [0.29, 0.717) is 17.2 Å². The van der Waals surface area contributed by atoms with Crippen LogP contribution >= 0.6 is 35.2 Å². The van der Waals surface area contributed by atoms with Gasteiger partial charge in [-0.1, -0.05) is 18.2 Å². The first-order chi connectivity index (χ1) is 12.6. The summed E-state index contributed by atoms with van der Waals surface area (Å²) in [6.45, 7) is 0. The number of fused-ring (bicyclic) bond motifs is 1. The van der Waals surface area contributed by atoms with Gasteiger partial charge in [-0.05, 0) is 34.7 Å².